The molecule has 314 valence electrons. The summed E-state index contributed by atoms with van der Waals surface area (Å²) < 4.78 is 32.6. The average Bonchev–Trinajstić information content (AvgIpc) is 3.16. The molecule has 0 aromatic carbocycles. The van der Waals surface area contributed by atoms with Crippen molar-refractivity contribution in [2.75, 3.05) is 26.4 Å². The third-order valence-corrected chi connectivity index (χ3v) is 9.66. The highest BCUT2D eigenvalue weighted by atomic mass is 31.2. The van der Waals surface area contributed by atoms with Crippen LogP contribution < -0.4 is 0 Å². The van der Waals surface area contributed by atoms with Gasteiger partial charge in [-0.3, -0.25) is 18.6 Å². The molecule has 0 amide bonds. The Labute approximate surface area is 328 Å². The van der Waals surface area contributed by atoms with Gasteiger partial charge in [0.2, 0.25) is 0 Å². The minimum absolute atomic E-state index is 0.156. The number of unbranched alkanes of at least 4 members (excludes halogenated alkanes) is 17. The smallest absolute Gasteiger partial charge is 0.462 e. The van der Waals surface area contributed by atoms with Crippen molar-refractivity contribution in [2.45, 2.75) is 187 Å². The number of esters is 2. The minimum atomic E-state index is -4.62. The van der Waals surface area contributed by atoms with Crippen molar-refractivity contribution in [1.82, 2.24) is 0 Å². The Bertz CT molecular complexity index is 1040. The zero-order chi connectivity index (χ0) is 39.8. The van der Waals surface area contributed by atoms with E-state index in [1.165, 1.54) is 57.8 Å². The molecule has 0 aromatic rings. The molecule has 0 radical (unpaired) electrons. The predicted octanol–water partition coefficient (Wildman–Crippen LogP) is 10.9. The molecule has 0 aliphatic rings. The Kier molecular flexibility index (Phi) is 37.7. The van der Waals surface area contributed by atoms with Crippen molar-refractivity contribution >= 4 is 19.8 Å². The number of aliphatic hydroxyl groups excluding tert-OH is 2. The standard InChI is InChI=1S/C43H77O10P/c1-3-5-7-9-11-13-15-17-19-20-21-23-25-27-29-31-33-35-43(47)53-41(39-52-54(48,49)51-37-40(45)36-44)38-50-42(46)34-32-30-28-26-24-22-18-16-14-12-10-8-6-4-2/h11,13,16-19,21,23,40-41,44-45H,3-10,12,14-15,20,22,24-39H2,1-2H3,(H,48,49)/b13-11+,18-16+,19-17+,23-21+/t40-,41+/m0/s1. The molecule has 0 spiro atoms. The first-order valence-corrected chi connectivity index (χ1v) is 22.6. The van der Waals surface area contributed by atoms with Gasteiger partial charge in [-0.05, 0) is 77.0 Å². The van der Waals surface area contributed by atoms with Gasteiger partial charge in [0.05, 0.1) is 19.8 Å². The lowest BCUT2D eigenvalue weighted by Gasteiger charge is -2.20. The maximum atomic E-state index is 12.6. The fraction of sp³-hybridized carbons (Fsp3) is 0.767. The van der Waals surface area contributed by atoms with Gasteiger partial charge < -0.3 is 24.6 Å². The van der Waals surface area contributed by atoms with Gasteiger partial charge in [0.1, 0.15) is 12.7 Å². The highest BCUT2D eigenvalue weighted by Crippen LogP contribution is 2.43. The Morgan fingerprint density at radius 1 is 0.556 bits per heavy atom. The summed E-state index contributed by atoms with van der Waals surface area (Å²) in [5.74, 6) is -0.962. The zero-order valence-corrected chi connectivity index (χ0v) is 34.8. The van der Waals surface area contributed by atoms with Crippen molar-refractivity contribution in [3.63, 3.8) is 0 Å². The summed E-state index contributed by atoms with van der Waals surface area (Å²) in [6.07, 6.45) is 40.7. The molecule has 0 saturated heterocycles. The molecule has 11 heteroatoms. The highest BCUT2D eigenvalue weighted by molar-refractivity contribution is 7.47. The summed E-state index contributed by atoms with van der Waals surface area (Å²) in [5.41, 5.74) is 0. The molecule has 0 rings (SSSR count). The molecule has 0 fully saturated rings. The molecule has 0 saturated carbocycles. The molecule has 0 bridgehead atoms. The van der Waals surface area contributed by atoms with Gasteiger partial charge in [-0.25, -0.2) is 4.57 Å². The van der Waals surface area contributed by atoms with E-state index in [1.54, 1.807) is 0 Å². The number of aliphatic hydroxyl groups is 2. The lowest BCUT2D eigenvalue weighted by molar-refractivity contribution is -0.161. The van der Waals surface area contributed by atoms with E-state index < -0.39 is 51.8 Å². The molecule has 10 nitrogen and oxygen atoms in total. The number of hydrogen-bond donors (Lipinski definition) is 3. The van der Waals surface area contributed by atoms with Crippen LogP contribution in [0.3, 0.4) is 0 Å². The summed E-state index contributed by atoms with van der Waals surface area (Å²) >= 11 is 0. The SMILES string of the molecule is CCCCC/C=C/C/C=C/C/C=C/CCCCCCC(=O)O[C@H](COC(=O)CCCCCCC/C=C/CCCCCCC)COP(=O)(O)OC[C@@H](O)CO. The summed E-state index contributed by atoms with van der Waals surface area (Å²) in [7, 11) is -4.62. The lowest BCUT2D eigenvalue weighted by Crippen LogP contribution is -2.29. The van der Waals surface area contributed by atoms with Crippen molar-refractivity contribution in [2.24, 2.45) is 0 Å². The van der Waals surface area contributed by atoms with Crippen molar-refractivity contribution in [3.05, 3.63) is 48.6 Å². The second-order valence-corrected chi connectivity index (χ2v) is 15.5. The number of phosphoric ester groups is 1. The van der Waals surface area contributed by atoms with Gasteiger partial charge >= 0.3 is 19.8 Å². The number of carbonyl (C=O) groups excluding carboxylic acids is 2. The van der Waals surface area contributed by atoms with E-state index >= 15 is 0 Å². The van der Waals surface area contributed by atoms with E-state index in [2.05, 4.69) is 67.0 Å². The fourth-order valence-corrected chi connectivity index (χ4v) is 6.19. The molecule has 3 atom stereocenters. The van der Waals surface area contributed by atoms with Crippen molar-refractivity contribution in [3.8, 4) is 0 Å². The molecule has 0 heterocycles. The maximum Gasteiger partial charge on any atom is 0.472 e. The Morgan fingerprint density at radius 2 is 0.963 bits per heavy atom. The van der Waals surface area contributed by atoms with Gasteiger partial charge in [0, 0.05) is 12.8 Å². The summed E-state index contributed by atoms with van der Waals surface area (Å²) in [6.45, 7) is 2.30. The summed E-state index contributed by atoms with van der Waals surface area (Å²) in [4.78, 5) is 34.9. The van der Waals surface area contributed by atoms with Crippen LogP contribution in [0.4, 0.5) is 0 Å². The summed E-state index contributed by atoms with van der Waals surface area (Å²) in [6, 6.07) is 0. The Hall–Kier alpha value is -2.07. The highest BCUT2D eigenvalue weighted by Gasteiger charge is 2.27. The first-order chi connectivity index (χ1) is 26.2. The predicted molar refractivity (Wildman–Crippen MR) is 219 cm³/mol. The molecule has 54 heavy (non-hydrogen) atoms. The first-order valence-electron chi connectivity index (χ1n) is 21.1. The third-order valence-electron chi connectivity index (χ3n) is 8.71. The van der Waals surface area contributed by atoms with Crippen LogP contribution in [0, 0.1) is 0 Å². The minimum Gasteiger partial charge on any atom is -0.462 e. The molecular weight excluding hydrogens is 707 g/mol. The number of carbonyl (C=O) groups is 2. The Balaban J connectivity index is 4.38. The monoisotopic (exact) mass is 785 g/mol. The average molecular weight is 785 g/mol. The lowest BCUT2D eigenvalue weighted by atomic mass is 10.1. The molecule has 3 N–H and O–H groups in total. The van der Waals surface area contributed by atoms with Gasteiger partial charge in [-0.15, -0.1) is 0 Å². The van der Waals surface area contributed by atoms with Crippen LogP contribution in [-0.2, 0) is 32.7 Å². The second kappa shape index (κ2) is 39.2. The first kappa shape index (κ1) is 51.9. The van der Waals surface area contributed by atoms with E-state index in [-0.39, 0.29) is 19.4 Å². The zero-order valence-electron chi connectivity index (χ0n) is 33.9. The van der Waals surface area contributed by atoms with Gasteiger partial charge in [-0.1, -0.05) is 133 Å². The molecule has 1 unspecified atom stereocenters. The van der Waals surface area contributed by atoms with Crippen LogP contribution in [0.15, 0.2) is 48.6 Å². The van der Waals surface area contributed by atoms with Crippen LogP contribution in [-0.4, -0.2) is 65.7 Å². The number of phosphoric acid groups is 1. The normalized spacial score (nSPS) is 14.4. The largest absolute Gasteiger partial charge is 0.472 e. The van der Waals surface area contributed by atoms with Gasteiger partial charge in [0.15, 0.2) is 6.10 Å². The van der Waals surface area contributed by atoms with Crippen molar-refractivity contribution < 1.29 is 47.8 Å². The van der Waals surface area contributed by atoms with E-state index in [9.17, 15) is 24.2 Å². The van der Waals surface area contributed by atoms with E-state index in [0.29, 0.717) is 12.8 Å². The number of ether oxygens (including phenoxy) is 2. The Morgan fingerprint density at radius 3 is 1.50 bits per heavy atom. The van der Waals surface area contributed by atoms with Crippen LogP contribution >= 0.6 is 7.82 Å². The maximum absolute atomic E-state index is 12.6. The molecule has 0 aliphatic heterocycles. The van der Waals surface area contributed by atoms with Crippen LogP contribution in [0.25, 0.3) is 0 Å². The van der Waals surface area contributed by atoms with E-state index in [0.717, 1.165) is 77.0 Å². The third kappa shape index (κ3) is 38.2. The van der Waals surface area contributed by atoms with E-state index in [4.69, 9.17) is 19.1 Å². The van der Waals surface area contributed by atoms with E-state index in [1.807, 2.05) is 0 Å². The summed E-state index contributed by atoms with van der Waals surface area (Å²) in [5, 5.41) is 18.3. The second-order valence-electron chi connectivity index (χ2n) is 14.0. The van der Waals surface area contributed by atoms with Crippen molar-refractivity contribution in [1.29, 1.82) is 0 Å². The van der Waals surface area contributed by atoms with Crippen LogP contribution in [0.5, 0.6) is 0 Å². The quantitative estimate of drug-likeness (QED) is 0.0238. The number of rotatable bonds is 39. The fourth-order valence-electron chi connectivity index (χ4n) is 5.40. The number of hydrogen-bond acceptors (Lipinski definition) is 9. The molecule has 0 aromatic heterocycles. The van der Waals surface area contributed by atoms with Crippen LogP contribution in [0.1, 0.15) is 174 Å². The topological polar surface area (TPSA) is 149 Å². The molecule has 0 aliphatic carbocycles. The van der Waals surface area contributed by atoms with Crippen LogP contribution in [0.2, 0.25) is 0 Å². The van der Waals surface area contributed by atoms with Gasteiger partial charge in [0.25, 0.3) is 0 Å². The van der Waals surface area contributed by atoms with Gasteiger partial charge in [-0.2, -0.15) is 0 Å². The molecular formula is C43H77O10P. The number of allylic oxidation sites excluding steroid dienone is 8.